The Morgan fingerprint density at radius 3 is 2.69 bits per heavy atom. The molecule has 1 aliphatic heterocycles. The molecule has 1 aromatic carbocycles. The summed E-state index contributed by atoms with van der Waals surface area (Å²) in [6.07, 6.45) is 6.48. The van der Waals surface area contributed by atoms with E-state index in [-0.39, 0.29) is 35.8 Å². The number of carbonyl (C=O) groups excluding carboxylic acids is 2. The van der Waals surface area contributed by atoms with Gasteiger partial charge in [0.05, 0.1) is 11.7 Å². The largest absolute Gasteiger partial charge is 0.491 e. The fourth-order valence-electron chi connectivity index (χ4n) is 4.79. The molecule has 8 nitrogen and oxygen atoms in total. The molecule has 1 N–H and O–H groups in total. The van der Waals surface area contributed by atoms with Gasteiger partial charge in [0.1, 0.15) is 12.4 Å². The SMILES string of the molecule is CO[C@H]1CN(C)C(=O)c2cc(NC(=O)C3CCC3)ccc2OC[C@H](C)N(Cc2cccnc2)C[C@H]1C. The normalized spacial score (nSPS) is 24.1. The van der Waals surface area contributed by atoms with Crippen LogP contribution < -0.4 is 10.1 Å². The van der Waals surface area contributed by atoms with Gasteiger partial charge in [-0.3, -0.25) is 19.5 Å². The van der Waals surface area contributed by atoms with Crippen LogP contribution in [-0.4, -0.2) is 72.6 Å². The number of nitrogens with zero attached hydrogens (tertiary/aromatic N) is 3. The second-order valence-corrected chi connectivity index (χ2v) is 10.2. The van der Waals surface area contributed by atoms with Crippen LogP contribution in [0, 0.1) is 11.8 Å². The molecular weight excluding hydrogens is 456 g/mol. The zero-order valence-corrected chi connectivity index (χ0v) is 21.8. The summed E-state index contributed by atoms with van der Waals surface area (Å²) in [5.74, 6) is 0.625. The number of rotatable bonds is 5. The summed E-state index contributed by atoms with van der Waals surface area (Å²) in [5.41, 5.74) is 2.20. The van der Waals surface area contributed by atoms with Crippen molar-refractivity contribution in [1.29, 1.82) is 0 Å². The summed E-state index contributed by atoms with van der Waals surface area (Å²) in [5, 5.41) is 2.98. The summed E-state index contributed by atoms with van der Waals surface area (Å²) in [6, 6.07) is 9.45. The number of benzene rings is 1. The standard InChI is InChI=1S/C28H38N4O4/c1-19-15-32(16-21-7-6-12-29-14-21)20(2)18-36-25-11-10-23(30-27(33)22-8-5-9-22)13-24(25)28(34)31(3)17-26(19)35-4/h6-7,10-14,19-20,22,26H,5,8-9,15-18H2,1-4H3,(H,30,33)/t19-,20+,26+/m1/s1. The van der Waals surface area contributed by atoms with Crippen molar-refractivity contribution in [1.82, 2.24) is 14.8 Å². The average molecular weight is 495 g/mol. The van der Waals surface area contributed by atoms with Crippen LogP contribution in [0.5, 0.6) is 5.75 Å². The third-order valence-electron chi connectivity index (χ3n) is 7.43. The Morgan fingerprint density at radius 1 is 1.22 bits per heavy atom. The highest BCUT2D eigenvalue weighted by Gasteiger charge is 2.29. The van der Waals surface area contributed by atoms with Crippen LogP contribution in [0.1, 0.15) is 49.0 Å². The molecule has 36 heavy (non-hydrogen) atoms. The summed E-state index contributed by atoms with van der Waals surface area (Å²) in [4.78, 5) is 34.3. The molecule has 2 aromatic rings. The van der Waals surface area contributed by atoms with E-state index in [4.69, 9.17) is 9.47 Å². The minimum Gasteiger partial charge on any atom is -0.491 e. The van der Waals surface area contributed by atoms with Crippen molar-refractivity contribution in [3.8, 4) is 5.75 Å². The second kappa shape index (κ2) is 11.8. The molecule has 1 aromatic heterocycles. The number of nitrogens with one attached hydrogen (secondary N) is 1. The number of aromatic nitrogens is 1. The van der Waals surface area contributed by atoms with E-state index in [1.165, 1.54) is 0 Å². The summed E-state index contributed by atoms with van der Waals surface area (Å²) in [6.45, 7) is 6.69. The van der Waals surface area contributed by atoms with Crippen molar-refractivity contribution in [3.05, 3.63) is 53.9 Å². The molecule has 3 atom stereocenters. The summed E-state index contributed by atoms with van der Waals surface area (Å²) >= 11 is 0. The predicted molar refractivity (Wildman–Crippen MR) is 139 cm³/mol. The van der Waals surface area contributed by atoms with E-state index >= 15 is 0 Å². The molecule has 194 valence electrons. The molecular formula is C28H38N4O4. The lowest BCUT2D eigenvalue weighted by Crippen LogP contribution is -2.46. The lowest BCUT2D eigenvalue weighted by Gasteiger charge is -2.36. The molecule has 0 bridgehead atoms. The fraction of sp³-hybridized carbons (Fsp3) is 0.536. The molecule has 2 amide bonds. The van der Waals surface area contributed by atoms with Gasteiger partial charge < -0.3 is 19.7 Å². The number of likely N-dealkylation sites (N-methyl/N-ethyl adjacent to an activating group) is 1. The van der Waals surface area contributed by atoms with Gasteiger partial charge in [-0.15, -0.1) is 0 Å². The van der Waals surface area contributed by atoms with Crippen molar-refractivity contribution in [2.45, 2.75) is 51.8 Å². The average Bonchev–Trinajstić information content (AvgIpc) is 2.84. The number of methoxy groups -OCH3 is 1. The molecule has 0 saturated heterocycles. The molecule has 2 heterocycles. The first-order chi connectivity index (χ1) is 17.4. The molecule has 8 heteroatoms. The number of fused-ring (bicyclic) bond motifs is 1. The second-order valence-electron chi connectivity index (χ2n) is 10.2. The molecule has 0 radical (unpaired) electrons. The Kier molecular flexibility index (Phi) is 8.59. The zero-order valence-electron chi connectivity index (χ0n) is 21.8. The van der Waals surface area contributed by atoms with Gasteiger partial charge in [-0.25, -0.2) is 0 Å². The Hall–Kier alpha value is -2.97. The van der Waals surface area contributed by atoms with Crippen LogP contribution in [0.3, 0.4) is 0 Å². The van der Waals surface area contributed by atoms with E-state index in [2.05, 4.69) is 35.1 Å². The Labute approximate surface area is 214 Å². The molecule has 1 saturated carbocycles. The zero-order chi connectivity index (χ0) is 25.7. The maximum absolute atomic E-state index is 13.5. The van der Waals surface area contributed by atoms with E-state index in [0.29, 0.717) is 30.2 Å². The molecule has 2 aliphatic rings. The van der Waals surface area contributed by atoms with Gasteiger partial charge in [-0.05, 0) is 55.5 Å². The Balaban J connectivity index is 1.60. The first kappa shape index (κ1) is 26.1. The molecule has 0 spiro atoms. The first-order valence-corrected chi connectivity index (χ1v) is 12.8. The minimum atomic E-state index is -0.153. The maximum Gasteiger partial charge on any atom is 0.257 e. The highest BCUT2D eigenvalue weighted by atomic mass is 16.5. The van der Waals surface area contributed by atoms with Crippen LogP contribution in [0.15, 0.2) is 42.7 Å². The Bertz CT molecular complexity index is 1040. The van der Waals surface area contributed by atoms with E-state index < -0.39 is 0 Å². The highest BCUT2D eigenvalue weighted by molar-refractivity contribution is 6.00. The molecule has 1 aliphatic carbocycles. The molecule has 1 fully saturated rings. The third kappa shape index (κ3) is 6.23. The smallest absolute Gasteiger partial charge is 0.257 e. The van der Waals surface area contributed by atoms with Crippen molar-refractivity contribution in [2.75, 3.05) is 39.2 Å². The van der Waals surface area contributed by atoms with Gasteiger partial charge in [0.25, 0.3) is 5.91 Å². The van der Waals surface area contributed by atoms with Crippen LogP contribution in [0.4, 0.5) is 5.69 Å². The number of pyridine rings is 1. The summed E-state index contributed by atoms with van der Waals surface area (Å²) in [7, 11) is 3.48. The van der Waals surface area contributed by atoms with Gasteiger partial charge in [0, 0.05) is 63.8 Å². The minimum absolute atomic E-state index is 0.0176. The van der Waals surface area contributed by atoms with E-state index in [1.54, 1.807) is 37.4 Å². The molecule has 4 rings (SSSR count). The van der Waals surface area contributed by atoms with Crippen molar-refractivity contribution < 1.29 is 19.1 Å². The van der Waals surface area contributed by atoms with E-state index in [0.717, 1.165) is 37.9 Å². The first-order valence-electron chi connectivity index (χ1n) is 12.8. The number of hydrogen-bond acceptors (Lipinski definition) is 6. The third-order valence-corrected chi connectivity index (χ3v) is 7.43. The van der Waals surface area contributed by atoms with Gasteiger partial charge in [-0.1, -0.05) is 19.4 Å². The van der Waals surface area contributed by atoms with Crippen LogP contribution in [0.2, 0.25) is 0 Å². The van der Waals surface area contributed by atoms with Crippen LogP contribution >= 0.6 is 0 Å². The van der Waals surface area contributed by atoms with Gasteiger partial charge in [0.15, 0.2) is 0 Å². The van der Waals surface area contributed by atoms with E-state index in [1.807, 2.05) is 18.3 Å². The number of carbonyl (C=O) groups is 2. The van der Waals surface area contributed by atoms with Gasteiger partial charge in [0.2, 0.25) is 5.91 Å². The van der Waals surface area contributed by atoms with Crippen molar-refractivity contribution in [2.24, 2.45) is 11.8 Å². The summed E-state index contributed by atoms with van der Waals surface area (Å²) < 4.78 is 12.1. The highest BCUT2D eigenvalue weighted by Crippen LogP contribution is 2.30. The lowest BCUT2D eigenvalue weighted by molar-refractivity contribution is -0.122. The Morgan fingerprint density at radius 2 is 2.03 bits per heavy atom. The predicted octanol–water partition coefficient (Wildman–Crippen LogP) is 3.83. The van der Waals surface area contributed by atoms with Crippen molar-refractivity contribution >= 4 is 17.5 Å². The van der Waals surface area contributed by atoms with Crippen molar-refractivity contribution in [3.63, 3.8) is 0 Å². The molecule has 0 unspecified atom stereocenters. The maximum atomic E-state index is 13.5. The van der Waals surface area contributed by atoms with Gasteiger partial charge in [-0.2, -0.15) is 0 Å². The lowest BCUT2D eigenvalue weighted by atomic mass is 9.85. The number of ether oxygens (including phenoxy) is 2. The van der Waals surface area contributed by atoms with E-state index in [9.17, 15) is 9.59 Å². The van der Waals surface area contributed by atoms with Gasteiger partial charge >= 0.3 is 0 Å². The fourth-order valence-corrected chi connectivity index (χ4v) is 4.79. The van der Waals surface area contributed by atoms with Crippen LogP contribution in [0.25, 0.3) is 0 Å². The quantitative estimate of drug-likeness (QED) is 0.680. The number of anilines is 1. The topological polar surface area (TPSA) is 84.0 Å². The monoisotopic (exact) mass is 494 g/mol. The van der Waals surface area contributed by atoms with Crippen LogP contribution in [-0.2, 0) is 16.1 Å². The number of amides is 2. The number of hydrogen-bond donors (Lipinski definition) is 1.